The third kappa shape index (κ3) is 2.63. The first-order chi connectivity index (χ1) is 9.65. The molecule has 1 aromatic carbocycles. The first-order valence-electron chi connectivity index (χ1n) is 7.01. The molecule has 108 valence electrons. The van der Waals surface area contributed by atoms with Crippen LogP contribution in [0.2, 0.25) is 5.02 Å². The molecule has 1 N–H and O–H groups in total. The van der Waals surface area contributed by atoms with Crippen molar-refractivity contribution < 1.29 is 9.53 Å². The van der Waals surface area contributed by atoms with Crippen molar-refractivity contribution in [3.63, 3.8) is 0 Å². The highest BCUT2D eigenvalue weighted by atomic mass is 35.5. The first kappa shape index (κ1) is 13.7. The van der Waals surface area contributed by atoms with Gasteiger partial charge in [0.25, 0.3) is 5.91 Å². The summed E-state index contributed by atoms with van der Waals surface area (Å²) in [5.74, 6) is 1.99. The molecule has 2 fully saturated rings. The Hall–Kier alpha value is -1.26. The fourth-order valence-electron chi connectivity index (χ4n) is 3.03. The van der Waals surface area contributed by atoms with E-state index in [1.54, 1.807) is 0 Å². The summed E-state index contributed by atoms with van der Waals surface area (Å²) in [5, 5.41) is 4.04. The molecular weight excluding hydrogens is 276 g/mol. The third-order valence-electron chi connectivity index (χ3n) is 4.31. The van der Waals surface area contributed by atoms with Gasteiger partial charge in [0.1, 0.15) is 5.75 Å². The summed E-state index contributed by atoms with van der Waals surface area (Å²) in [4.78, 5) is 14.1. The van der Waals surface area contributed by atoms with Crippen molar-refractivity contribution in [1.82, 2.24) is 10.2 Å². The molecular formula is C15H19ClN2O2. The average Bonchev–Trinajstić information content (AvgIpc) is 3.01. The summed E-state index contributed by atoms with van der Waals surface area (Å²) in [5.41, 5.74) is 0.879. The summed E-state index contributed by atoms with van der Waals surface area (Å²) in [6, 6.07) is 5.50. The van der Waals surface area contributed by atoms with E-state index in [1.165, 1.54) is 0 Å². The lowest BCUT2D eigenvalue weighted by Crippen LogP contribution is -2.35. The van der Waals surface area contributed by atoms with Gasteiger partial charge in [-0.3, -0.25) is 4.79 Å². The summed E-state index contributed by atoms with van der Waals surface area (Å²) in [6.45, 7) is 5.76. The second kappa shape index (κ2) is 5.62. The van der Waals surface area contributed by atoms with Gasteiger partial charge in [0.15, 0.2) is 6.61 Å². The van der Waals surface area contributed by atoms with E-state index >= 15 is 0 Å². The lowest BCUT2D eigenvalue weighted by Gasteiger charge is -2.18. The number of amides is 1. The van der Waals surface area contributed by atoms with Crippen LogP contribution in [0.3, 0.4) is 0 Å². The monoisotopic (exact) mass is 294 g/mol. The molecule has 1 amide bonds. The van der Waals surface area contributed by atoms with Crippen molar-refractivity contribution in [2.24, 2.45) is 11.8 Å². The molecule has 0 bridgehead atoms. The Morgan fingerprint density at radius 2 is 2.10 bits per heavy atom. The normalized spacial score (nSPS) is 24.8. The van der Waals surface area contributed by atoms with Gasteiger partial charge in [-0.05, 0) is 30.9 Å². The van der Waals surface area contributed by atoms with E-state index < -0.39 is 0 Å². The summed E-state index contributed by atoms with van der Waals surface area (Å²) >= 11 is 6.04. The molecule has 2 aliphatic rings. The Bertz CT molecular complexity index is 509. The maximum atomic E-state index is 12.2. The number of ether oxygens (including phenoxy) is 1. The van der Waals surface area contributed by atoms with Crippen LogP contribution in [0.15, 0.2) is 18.2 Å². The van der Waals surface area contributed by atoms with Gasteiger partial charge in [-0.1, -0.05) is 17.7 Å². The summed E-state index contributed by atoms with van der Waals surface area (Å²) < 4.78 is 5.62. The highest BCUT2D eigenvalue weighted by Gasteiger charge is 2.37. The third-order valence-corrected chi connectivity index (χ3v) is 4.72. The van der Waals surface area contributed by atoms with E-state index in [2.05, 4.69) is 5.32 Å². The second-order valence-corrected chi connectivity index (χ2v) is 6.04. The van der Waals surface area contributed by atoms with Gasteiger partial charge in [0.05, 0.1) is 0 Å². The van der Waals surface area contributed by atoms with E-state index in [9.17, 15) is 4.79 Å². The Kier molecular flexibility index (Phi) is 3.85. The smallest absolute Gasteiger partial charge is 0.260 e. The maximum absolute atomic E-state index is 12.2. The maximum Gasteiger partial charge on any atom is 0.260 e. The van der Waals surface area contributed by atoms with Crippen LogP contribution in [0.25, 0.3) is 0 Å². The van der Waals surface area contributed by atoms with Crippen LogP contribution < -0.4 is 10.1 Å². The molecule has 0 spiro atoms. The van der Waals surface area contributed by atoms with Crippen LogP contribution in [0.1, 0.15) is 5.56 Å². The van der Waals surface area contributed by atoms with Crippen molar-refractivity contribution in [2.75, 3.05) is 32.8 Å². The number of nitrogens with one attached hydrogen (secondary N) is 1. The predicted octanol–water partition coefficient (Wildman–Crippen LogP) is 1.71. The van der Waals surface area contributed by atoms with Gasteiger partial charge in [-0.2, -0.15) is 0 Å². The van der Waals surface area contributed by atoms with Gasteiger partial charge in [-0.25, -0.2) is 0 Å². The van der Waals surface area contributed by atoms with Gasteiger partial charge >= 0.3 is 0 Å². The fraction of sp³-hybridized carbons (Fsp3) is 0.533. The second-order valence-electron chi connectivity index (χ2n) is 5.63. The number of hydrogen-bond acceptors (Lipinski definition) is 3. The Balaban J connectivity index is 1.56. The number of carbonyl (C=O) groups is 1. The zero-order valence-electron chi connectivity index (χ0n) is 11.6. The van der Waals surface area contributed by atoms with Crippen molar-refractivity contribution in [3.05, 3.63) is 28.8 Å². The van der Waals surface area contributed by atoms with Gasteiger partial charge in [0.2, 0.25) is 0 Å². The number of halogens is 1. The first-order valence-corrected chi connectivity index (χ1v) is 7.39. The molecule has 2 heterocycles. The van der Waals surface area contributed by atoms with Crippen molar-refractivity contribution >= 4 is 17.5 Å². The van der Waals surface area contributed by atoms with E-state index in [-0.39, 0.29) is 12.5 Å². The van der Waals surface area contributed by atoms with E-state index in [0.29, 0.717) is 22.6 Å². The predicted molar refractivity (Wildman–Crippen MR) is 78.1 cm³/mol. The summed E-state index contributed by atoms with van der Waals surface area (Å²) in [6.07, 6.45) is 0. The zero-order valence-corrected chi connectivity index (χ0v) is 12.3. The number of hydrogen-bond donors (Lipinski definition) is 1. The molecule has 0 radical (unpaired) electrons. The molecule has 4 nitrogen and oxygen atoms in total. The molecule has 3 rings (SSSR count). The van der Waals surface area contributed by atoms with Gasteiger partial charge < -0.3 is 15.0 Å². The van der Waals surface area contributed by atoms with Crippen LogP contribution in [0.5, 0.6) is 5.75 Å². The van der Waals surface area contributed by atoms with Crippen molar-refractivity contribution in [2.45, 2.75) is 6.92 Å². The van der Waals surface area contributed by atoms with Crippen LogP contribution in [-0.4, -0.2) is 43.6 Å². The Morgan fingerprint density at radius 1 is 1.40 bits per heavy atom. The molecule has 1 aromatic rings. The fourth-order valence-corrected chi connectivity index (χ4v) is 3.20. The minimum atomic E-state index is 0.0683. The quantitative estimate of drug-likeness (QED) is 0.923. The molecule has 0 saturated carbocycles. The summed E-state index contributed by atoms with van der Waals surface area (Å²) in [7, 11) is 0. The van der Waals surface area contributed by atoms with E-state index in [4.69, 9.17) is 16.3 Å². The molecule has 20 heavy (non-hydrogen) atoms. The van der Waals surface area contributed by atoms with Crippen molar-refractivity contribution in [1.29, 1.82) is 0 Å². The van der Waals surface area contributed by atoms with Crippen LogP contribution in [0.4, 0.5) is 0 Å². The number of likely N-dealkylation sites (tertiary alicyclic amines) is 1. The molecule has 2 aliphatic heterocycles. The minimum absolute atomic E-state index is 0.0683. The standard InChI is InChI=1S/C15H19ClN2O2/c1-10-13(16)3-2-4-14(10)20-9-15(19)18-7-11-5-17-6-12(11)8-18/h2-4,11-12,17H,5-9H2,1H3/t11-,12+. The highest BCUT2D eigenvalue weighted by molar-refractivity contribution is 6.31. The number of carbonyl (C=O) groups excluding carboxylic acids is 1. The van der Waals surface area contributed by atoms with Crippen LogP contribution >= 0.6 is 11.6 Å². The number of fused-ring (bicyclic) bond motifs is 1. The molecule has 0 aromatic heterocycles. The van der Waals surface area contributed by atoms with Crippen LogP contribution in [-0.2, 0) is 4.79 Å². The van der Waals surface area contributed by atoms with Crippen LogP contribution in [0, 0.1) is 18.8 Å². The molecule has 0 unspecified atom stereocenters. The topological polar surface area (TPSA) is 41.6 Å². The van der Waals surface area contributed by atoms with Gasteiger partial charge in [-0.15, -0.1) is 0 Å². The van der Waals surface area contributed by atoms with E-state index in [0.717, 1.165) is 31.7 Å². The molecule has 5 heteroatoms. The van der Waals surface area contributed by atoms with Crippen molar-refractivity contribution in [3.8, 4) is 5.75 Å². The van der Waals surface area contributed by atoms with Gasteiger partial charge in [0, 0.05) is 36.8 Å². The number of rotatable bonds is 3. The Labute approximate surface area is 124 Å². The molecule has 2 saturated heterocycles. The number of benzene rings is 1. The van der Waals surface area contributed by atoms with E-state index in [1.807, 2.05) is 30.0 Å². The zero-order chi connectivity index (χ0) is 14.1. The molecule has 2 atom stereocenters. The largest absolute Gasteiger partial charge is 0.483 e. The Morgan fingerprint density at radius 3 is 2.80 bits per heavy atom. The minimum Gasteiger partial charge on any atom is -0.483 e. The lowest BCUT2D eigenvalue weighted by atomic mass is 10.0. The average molecular weight is 295 g/mol. The lowest BCUT2D eigenvalue weighted by molar-refractivity contribution is -0.132. The SMILES string of the molecule is Cc1c(Cl)cccc1OCC(=O)N1C[C@H]2CNC[C@H]2C1. The number of nitrogens with zero attached hydrogens (tertiary/aromatic N) is 1. The highest BCUT2D eigenvalue weighted by Crippen LogP contribution is 2.27. The molecule has 0 aliphatic carbocycles.